The first-order chi connectivity index (χ1) is 24.9. The van der Waals surface area contributed by atoms with Crippen molar-refractivity contribution in [2.75, 3.05) is 13.7 Å². The number of nitro benzene ring substituents is 1. The van der Waals surface area contributed by atoms with Crippen LogP contribution in [0, 0.1) is 30.9 Å². The van der Waals surface area contributed by atoms with Crippen molar-refractivity contribution in [3.63, 3.8) is 0 Å². The second-order valence-electron chi connectivity index (χ2n) is 11.9. The Morgan fingerprint density at radius 3 is 1.48 bits per heavy atom. The molecule has 14 heteroatoms. The van der Waals surface area contributed by atoms with Gasteiger partial charge in [-0.25, -0.2) is 19.2 Å². The molecule has 1 aliphatic heterocycles. The molecular formula is C38H35NO13. The van der Waals surface area contributed by atoms with Gasteiger partial charge >= 0.3 is 24.1 Å². The number of rotatable bonds is 11. The molecule has 0 radical (unpaired) electrons. The topological polar surface area (TPSA) is 176 Å². The van der Waals surface area contributed by atoms with E-state index in [1.807, 2.05) is 20.8 Å². The summed E-state index contributed by atoms with van der Waals surface area (Å²) in [4.78, 5) is 63.7. The maximum Gasteiger partial charge on any atom is 0.513 e. The number of hydrogen-bond acceptors (Lipinski definition) is 13. The Morgan fingerprint density at radius 1 is 0.635 bits per heavy atom. The monoisotopic (exact) mass is 713 g/mol. The van der Waals surface area contributed by atoms with E-state index in [9.17, 15) is 29.3 Å². The van der Waals surface area contributed by atoms with E-state index in [0.29, 0.717) is 0 Å². The van der Waals surface area contributed by atoms with Crippen LogP contribution < -0.4 is 4.74 Å². The number of nitrogens with zero attached hydrogens (tertiary/aromatic N) is 1. The number of ether oxygens (including phenoxy) is 7. The van der Waals surface area contributed by atoms with Crippen molar-refractivity contribution in [3.05, 3.63) is 141 Å². The normalized spacial score (nSPS) is 19.5. The van der Waals surface area contributed by atoms with Gasteiger partial charge < -0.3 is 33.2 Å². The van der Waals surface area contributed by atoms with E-state index >= 15 is 0 Å². The zero-order valence-corrected chi connectivity index (χ0v) is 28.6. The van der Waals surface area contributed by atoms with Gasteiger partial charge in [-0.3, -0.25) is 10.1 Å². The molecule has 0 spiro atoms. The molecule has 52 heavy (non-hydrogen) atoms. The van der Waals surface area contributed by atoms with Gasteiger partial charge in [0, 0.05) is 19.2 Å². The van der Waals surface area contributed by atoms with Gasteiger partial charge in [-0.15, -0.1) is 0 Å². The van der Waals surface area contributed by atoms with Crippen LogP contribution in [0.3, 0.4) is 0 Å². The quantitative estimate of drug-likeness (QED) is 0.0575. The number of non-ortho nitro benzene ring substituents is 1. The van der Waals surface area contributed by atoms with Crippen LogP contribution in [0.2, 0.25) is 0 Å². The summed E-state index contributed by atoms with van der Waals surface area (Å²) in [7, 11) is 1.26. The molecule has 0 aromatic heterocycles. The van der Waals surface area contributed by atoms with E-state index in [0.717, 1.165) is 28.8 Å². The summed E-state index contributed by atoms with van der Waals surface area (Å²) >= 11 is 0. The van der Waals surface area contributed by atoms with E-state index in [4.69, 9.17) is 33.2 Å². The fraction of sp³-hybridized carbons (Fsp3) is 0.263. The molecule has 5 atom stereocenters. The minimum Gasteiger partial charge on any atom is -0.452 e. The molecule has 0 saturated carbocycles. The number of carbonyl (C=O) groups excluding carboxylic acids is 4. The Balaban J connectivity index is 1.47. The highest BCUT2D eigenvalue weighted by Crippen LogP contribution is 2.31. The average molecular weight is 714 g/mol. The fourth-order valence-electron chi connectivity index (χ4n) is 5.16. The largest absolute Gasteiger partial charge is 0.513 e. The summed E-state index contributed by atoms with van der Waals surface area (Å²) < 4.78 is 39.9. The van der Waals surface area contributed by atoms with Crippen molar-refractivity contribution in [1.29, 1.82) is 0 Å². The van der Waals surface area contributed by atoms with Gasteiger partial charge in [-0.05, 0) is 69.3 Å². The smallest absolute Gasteiger partial charge is 0.452 e. The summed E-state index contributed by atoms with van der Waals surface area (Å²) in [5.74, 6) is -2.54. The van der Waals surface area contributed by atoms with Gasteiger partial charge in [-0.2, -0.15) is 0 Å². The van der Waals surface area contributed by atoms with E-state index in [1.54, 1.807) is 60.7 Å². The van der Waals surface area contributed by atoms with Crippen molar-refractivity contribution in [2.45, 2.75) is 51.5 Å². The summed E-state index contributed by atoms with van der Waals surface area (Å²) in [6, 6.07) is 24.2. The van der Waals surface area contributed by atoms with Gasteiger partial charge in [0.1, 0.15) is 18.5 Å². The summed E-state index contributed by atoms with van der Waals surface area (Å²) in [5, 5.41) is 11.0. The molecule has 1 fully saturated rings. The minimum absolute atomic E-state index is 0.0507. The zero-order valence-electron chi connectivity index (χ0n) is 28.6. The van der Waals surface area contributed by atoms with Crippen molar-refractivity contribution < 1.29 is 57.3 Å². The molecule has 0 N–H and O–H groups in total. The number of nitro groups is 1. The molecule has 0 amide bonds. The van der Waals surface area contributed by atoms with E-state index in [2.05, 4.69) is 0 Å². The van der Waals surface area contributed by atoms with E-state index in [-0.39, 0.29) is 28.1 Å². The number of carbonyl (C=O) groups is 4. The lowest BCUT2D eigenvalue weighted by atomic mass is 9.97. The highest BCUT2D eigenvalue weighted by Gasteiger charge is 2.53. The van der Waals surface area contributed by atoms with Crippen LogP contribution >= 0.6 is 0 Å². The molecule has 14 nitrogen and oxygen atoms in total. The van der Waals surface area contributed by atoms with Crippen molar-refractivity contribution in [2.24, 2.45) is 0 Å². The predicted molar refractivity (Wildman–Crippen MR) is 182 cm³/mol. The maximum absolute atomic E-state index is 13.6. The first-order valence-corrected chi connectivity index (χ1v) is 16.0. The number of esters is 3. The molecule has 1 saturated heterocycles. The lowest BCUT2D eigenvalue weighted by Gasteiger charge is -2.43. The summed E-state index contributed by atoms with van der Waals surface area (Å²) in [5.41, 5.74) is 2.92. The third-order valence-electron chi connectivity index (χ3n) is 8.03. The molecule has 1 heterocycles. The van der Waals surface area contributed by atoms with Gasteiger partial charge in [0.15, 0.2) is 24.6 Å². The number of hydrogen-bond donors (Lipinski definition) is 0. The molecule has 5 rings (SSSR count). The Hall–Kier alpha value is -6.12. The average Bonchev–Trinajstić information content (AvgIpc) is 3.13. The molecule has 0 unspecified atom stereocenters. The molecular weight excluding hydrogens is 678 g/mol. The van der Waals surface area contributed by atoms with Crippen LogP contribution in [0.25, 0.3) is 0 Å². The maximum atomic E-state index is 13.6. The number of aryl methyl sites for hydroxylation is 3. The van der Waals surface area contributed by atoms with Crippen LogP contribution in [-0.4, -0.2) is 73.4 Å². The van der Waals surface area contributed by atoms with Crippen molar-refractivity contribution in [3.8, 4) is 5.75 Å². The minimum atomic E-state index is -1.56. The first-order valence-electron chi connectivity index (χ1n) is 16.0. The van der Waals surface area contributed by atoms with Crippen molar-refractivity contribution in [1.82, 2.24) is 0 Å². The van der Waals surface area contributed by atoms with Gasteiger partial charge in [0.2, 0.25) is 0 Å². The first kappa shape index (κ1) is 37.1. The SMILES string of the molecule is CO[C@H]1O[C@H](COC(=O)Oc2ccc([N+](=O)[O-])cc2)[C@H](OC(=O)c2ccc(C)cc2)[C@H](OC(=O)c2ccc(C)cc2)[C@H]1OC(=O)c1ccc(C)cc1. The third-order valence-corrected chi connectivity index (χ3v) is 8.03. The molecule has 270 valence electrons. The zero-order chi connectivity index (χ0) is 37.4. The van der Waals surface area contributed by atoms with Crippen LogP contribution in [-0.2, 0) is 28.4 Å². The third kappa shape index (κ3) is 9.35. The van der Waals surface area contributed by atoms with Gasteiger partial charge in [0.25, 0.3) is 5.69 Å². The highest BCUT2D eigenvalue weighted by atomic mass is 16.8. The van der Waals surface area contributed by atoms with Gasteiger partial charge in [-0.1, -0.05) is 53.1 Å². The summed E-state index contributed by atoms with van der Waals surface area (Å²) in [6.07, 6.45) is -8.61. The van der Waals surface area contributed by atoms with E-state index < -0.39 is 66.3 Å². The number of methoxy groups -OCH3 is 1. The Kier molecular flexibility index (Phi) is 11.9. The van der Waals surface area contributed by atoms with Crippen LogP contribution in [0.5, 0.6) is 5.75 Å². The Bertz CT molecular complexity index is 1890. The van der Waals surface area contributed by atoms with E-state index in [1.165, 1.54) is 31.4 Å². The van der Waals surface area contributed by atoms with Crippen LogP contribution in [0.4, 0.5) is 10.5 Å². The molecule has 4 aromatic carbocycles. The molecule has 0 bridgehead atoms. The Morgan fingerprint density at radius 2 is 1.06 bits per heavy atom. The Labute approximate surface area is 298 Å². The molecule has 0 aliphatic carbocycles. The predicted octanol–water partition coefficient (Wildman–Crippen LogP) is 6.08. The highest BCUT2D eigenvalue weighted by molar-refractivity contribution is 5.91. The fourth-order valence-corrected chi connectivity index (χ4v) is 5.16. The van der Waals surface area contributed by atoms with Gasteiger partial charge in [0.05, 0.1) is 21.6 Å². The second-order valence-corrected chi connectivity index (χ2v) is 11.9. The lowest BCUT2D eigenvalue weighted by molar-refractivity contribution is -0.384. The summed E-state index contributed by atoms with van der Waals surface area (Å²) in [6.45, 7) is 4.90. The molecule has 1 aliphatic rings. The second kappa shape index (κ2) is 16.7. The van der Waals surface area contributed by atoms with Crippen LogP contribution in [0.1, 0.15) is 47.8 Å². The standard InChI is InChI=1S/C38H35NO13/c1-22-5-11-25(12-6-22)34(40)50-31-30(21-47-38(43)48-29-19-17-28(18-20-29)39(44)45)49-37(46-4)33(52-36(42)27-15-9-24(3)10-16-27)32(31)51-35(41)26-13-7-23(2)8-14-26/h5-20,30-33,37H,21H2,1-4H3/t30-,31+,32+,33-,37+/m1/s1. The van der Waals surface area contributed by atoms with Crippen LogP contribution in [0.15, 0.2) is 97.1 Å². The molecule has 4 aromatic rings. The van der Waals surface area contributed by atoms with Crippen molar-refractivity contribution >= 4 is 29.8 Å². The lowest BCUT2D eigenvalue weighted by Crippen LogP contribution is -2.63. The number of benzene rings is 4.